The zero-order valence-electron chi connectivity index (χ0n) is 15.7. The molecule has 0 bridgehead atoms. The van der Waals surface area contributed by atoms with Crippen molar-refractivity contribution in [2.45, 2.75) is 25.6 Å². The summed E-state index contributed by atoms with van der Waals surface area (Å²) in [5, 5.41) is 0. The monoisotopic (exact) mass is 444 g/mol. The topological polar surface area (TPSA) is 77.5 Å². The Labute approximate surface area is 170 Å². The van der Waals surface area contributed by atoms with Crippen molar-refractivity contribution in [3.8, 4) is 0 Å². The zero-order chi connectivity index (χ0) is 19.7. The number of imidazole rings is 1. The number of fused-ring (bicyclic) bond motifs is 1. The first-order valence-electron chi connectivity index (χ1n) is 9.09. The Bertz CT molecular complexity index is 1070. The largest absolute Gasteiger partial charge is 0.369 e. The van der Waals surface area contributed by atoms with Crippen LogP contribution in [0.3, 0.4) is 0 Å². The van der Waals surface area contributed by atoms with Crippen LogP contribution in [0.2, 0.25) is 0 Å². The van der Waals surface area contributed by atoms with E-state index in [1.165, 1.54) is 0 Å². The van der Waals surface area contributed by atoms with Crippen molar-refractivity contribution in [3.05, 3.63) is 51.0 Å². The van der Waals surface area contributed by atoms with Gasteiger partial charge in [-0.25, -0.2) is 9.98 Å². The molecule has 1 aromatic carbocycles. The van der Waals surface area contributed by atoms with E-state index in [2.05, 4.69) is 25.9 Å². The number of rotatable bonds is 5. The maximum Gasteiger partial charge on any atom is 0.283 e. The Morgan fingerprint density at radius 2 is 2.11 bits per heavy atom. The lowest BCUT2D eigenvalue weighted by molar-refractivity contribution is 0.0576. The molecule has 8 nitrogen and oxygen atoms in total. The zero-order valence-corrected chi connectivity index (χ0v) is 17.3. The van der Waals surface area contributed by atoms with Gasteiger partial charge in [0.25, 0.3) is 5.56 Å². The molecule has 0 radical (unpaired) electrons. The second-order valence-electron chi connectivity index (χ2n) is 6.89. The molecule has 2 aromatic heterocycles. The Morgan fingerprint density at radius 3 is 2.79 bits per heavy atom. The predicted molar refractivity (Wildman–Crippen MR) is 111 cm³/mol. The van der Waals surface area contributed by atoms with Crippen molar-refractivity contribution >= 4 is 39.4 Å². The highest BCUT2D eigenvalue weighted by Gasteiger charge is 2.26. The van der Waals surface area contributed by atoms with E-state index in [0.29, 0.717) is 35.0 Å². The lowest BCUT2D eigenvalue weighted by atomic mass is 10.2. The molecule has 3 aromatic rings. The summed E-state index contributed by atoms with van der Waals surface area (Å²) in [4.78, 5) is 28.7. The van der Waals surface area contributed by atoms with E-state index in [0.717, 1.165) is 18.4 Å². The van der Waals surface area contributed by atoms with E-state index in [-0.39, 0.29) is 11.8 Å². The van der Waals surface area contributed by atoms with Gasteiger partial charge in [0, 0.05) is 20.7 Å². The highest BCUT2D eigenvalue weighted by Crippen LogP contribution is 2.30. The van der Waals surface area contributed by atoms with E-state index >= 15 is 0 Å². The first kappa shape index (κ1) is 18.8. The highest BCUT2D eigenvalue weighted by atomic mass is 79.9. The average molecular weight is 445 g/mol. The fourth-order valence-corrected chi connectivity index (χ4v) is 3.79. The number of hydrogen-bond donors (Lipinski definition) is 0. The summed E-state index contributed by atoms with van der Waals surface area (Å²) >= 11 is 3.47. The fraction of sp³-hybridized carbons (Fsp3) is 0.368. The van der Waals surface area contributed by atoms with Crippen LogP contribution >= 0.6 is 15.9 Å². The molecule has 1 aliphatic heterocycles. The second-order valence-corrected chi connectivity index (χ2v) is 7.60. The molecule has 1 saturated heterocycles. The molecule has 1 unspecified atom stereocenters. The Hall–Kier alpha value is -2.52. The molecule has 0 amide bonds. The third-order valence-corrected chi connectivity index (χ3v) is 5.08. The molecule has 1 atom stereocenters. The maximum absolute atomic E-state index is 13.3. The van der Waals surface area contributed by atoms with E-state index < -0.39 is 0 Å². The first-order valence-corrected chi connectivity index (χ1v) is 9.88. The van der Waals surface area contributed by atoms with E-state index in [1.807, 2.05) is 49.0 Å². The summed E-state index contributed by atoms with van der Waals surface area (Å²) in [7, 11) is 3.74. The van der Waals surface area contributed by atoms with Crippen molar-refractivity contribution < 1.29 is 4.74 Å². The number of nitrogens with zero attached hydrogens (tertiary/aromatic N) is 6. The van der Waals surface area contributed by atoms with Gasteiger partial charge in [-0.1, -0.05) is 30.3 Å². The van der Waals surface area contributed by atoms with Gasteiger partial charge in [0.15, 0.2) is 15.9 Å². The second kappa shape index (κ2) is 7.84. The molecular formula is C19H21BrN6O2. The minimum Gasteiger partial charge on any atom is -0.369 e. The molecule has 0 aliphatic carbocycles. The minimum absolute atomic E-state index is 0.179. The molecule has 0 spiro atoms. The lowest BCUT2D eigenvalue weighted by Crippen LogP contribution is -2.23. The van der Waals surface area contributed by atoms with Crippen LogP contribution in [0, 0.1) is 0 Å². The number of benzene rings is 1. The molecule has 1 fully saturated rings. The van der Waals surface area contributed by atoms with E-state index in [4.69, 9.17) is 9.72 Å². The van der Waals surface area contributed by atoms with Gasteiger partial charge in [-0.15, -0.1) is 0 Å². The van der Waals surface area contributed by atoms with Gasteiger partial charge in [0.2, 0.25) is 5.95 Å². The number of aromatic nitrogens is 4. The van der Waals surface area contributed by atoms with Gasteiger partial charge in [-0.05, 0) is 34.3 Å². The van der Waals surface area contributed by atoms with Crippen LogP contribution in [-0.2, 0) is 11.3 Å². The molecule has 4 rings (SSSR count). The first-order chi connectivity index (χ1) is 13.5. The Balaban J connectivity index is 1.90. The summed E-state index contributed by atoms with van der Waals surface area (Å²) < 4.78 is 9.72. The summed E-state index contributed by atoms with van der Waals surface area (Å²) in [5.74, 6) is 0.335. The normalized spacial score (nSPS) is 17.0. The third kappa shape index (κ3) is 3.59. The summed E-state index contributed by atoms with van der Waals surface area (Å²) in [6, 6.07) is 9.77. The average Bonchev–Trinajstić information content (AvgIpc) is 3.30. The minimum atomic E-state index is -0.225. The van der Waals surface area contributed by atoms with Crippen LogP contribution < -0.4 is 5.56 Å². The fourth-order valence-electron chi connectivity index (χ4n) is 3.22. The number of halogens is 1. The molecular weight excluding hydrogens is 424 g/mol. The Kier molecular flexibility index (Phi) is 5.27. The standard InChI is InChI=1S/C19H21BrN6O2/c1-24(2)12-21-19-23-16-15(22-18(20)26(16)14-9-6-10-28-14)17(27)25(19)11-13-7-4-3-5-8-13/h3-5,7-8,12,14H,6,9-11H2,1-2H3/b21-12+. The van der Waals surface area contributed by atoms with Crippen molar-refractivity contribution in [2.75, 3.05) is 20.7 Å². The van der Waals surface area contributed by atoms with Gasteiger partial charge in [-0.3, -0.25) is 13.9 Å². The lowest BCUT2D eigenvalue weighted by Gasteiger charge is -2.14. The SMILES string of the molecule is CN(C)/C=N/c1nc2c(nc(Br)n2C2CCCO2)c(=O)n1Cc1ccccc1. The van der Waals surface area contributed by atoms with Crippen LogP contribution in [0.5, 0.6) is 0 Å². The smallest absolute Gasteiger partial charge is 0.283 e. The van der Waals surface area contributed by atoms with Crippen LogP contribution in [0.1, 0.15) is 24.6 Å². The molecule has 3 heterocycles. The molecule has 1 aliphatic rings. The van der Waals surface area contributed by atoms with E-state index in [9.17, 15) is 4.79 Å². The van der Waals surface area contributed by atoms with Gasteiger partial charge < -0.3 is 9.64 Å². The predicted octanol–water partition coefficient (Wildman–Crippen LogP) is 2.93. The quantitative estimate of drug-likeness (QED) is 0.343. The van der Waals surface area contributed by atoms with E-state index in [1.54, 1.807) is 15.8 Å². The van der Waals surface area contributed by atoms with Crippen molar-refractivity contribution in [1.82, 2.24) is 24.0 Å². The maximum atomic E-state index is 13.3. The highest BCUT2D eigenvalue weighted by molar-refractivity contribution is 9.10. The van der Waals surface area contributed by atoms with Crippen LogP contribution in [0.4, 0.5) is 5.95 Å². The van der Waals surface area contributed by atoms with Crippen molar-refractivity contribution in [2.24, 2.45) is 4.99 Å². The number of aliphatic imine (C=N–C) groups is 1. The molecule has 9 heteroatoms. The molecule has 0 saturated carbocycles. The molecule has 28 heavy (non-hydrogen) atoms. The summed E-state index contributed by atoms with van der Waals surface area (Å²) in [5.41, 5.74) is 1.56. The van der Waals surface area contributed by atoms with Gasteiger partial charge in [0.05, 0.1) is 12.9 Å². The summed E-state index contributed by atoms with van der Waals surface area (Å²) in [6.45, 7) is 1.06. The van der Waals surface area contributed by atoms with Crippen LogP contribution in [0.25, 0.3) is 11.2 Å². The summed E-state index contributed by atoms with van der Waals surface area (Å²) in [6.07, 6.45) is 3.28. The number of hydrogen-bond acceptors (Lipinski definition) is 5. The van der Waals surface area contributed by atoms with Crippen LogP contribution in [-0.4, -0.2) is 51.0 Å². The number of ether oxygens (including phenoxy) is 1. The van der Waals surface area contributed by atoms with Crippen molar-refractivity contribution in [3.63, 3.8) is 0 Å². The molecule has 146 valence electrons. The van der Waals surface area contributed by atoms with Crippen LogP contribution in [0.15, 0.2) is 44.9 Å². The van der Waals surface area contributed by atoms with Gasteiger partial charge in [0.1, 0.15) is 6.23 Å². The Morgan fingerprint density at radius 1 is 1.32 bits per heavy atom. The van der Waals surface area contributed by atoms with Gasteiger partial charge >= 0.3 is 0 Å². The third-order valence-electron chi connectivity index (χ3n) is 4.52. The van der Waals surface area contributed by atoms with Crippen molar-refractivity contribution in [1.29, 1.82) is 0 Å². The molecule has 0 N–H and O–H groups in total. The van der Waals surface area contributed by atoms with Gasteiger partial charge in [-0.2, -0.15) is 4.98 Å².